The van der Waals surface area contributed by atoms with Gasteiger partial charge in [-0.2, -0.15) is 0 Å². The molecule has 1 aliphatic heterocycles. The minimum Gasteiger partial charge on any atom is -0.306 e. The van der Waals surface area contributed by atoms with Crippen LogP contribution in [0.4, 0.5) is 5.69 Å². The van der Waals surface area contributed by atoms with E-state index in [2.05, 4.69) is 17.1 Å². The van der Waals surface area contributed by atoms with E-state index in [9.17, 15) is 4.79 Å². The zero-order valence-electron chi connectivity index (χ0n) is 12.2. The van der Waals surface area contributed by atoms with Gasteiger partial charge >= 0.3 is 0 Å². The van der Waals surface area contributed by atoms with E-state index < -0.39 is 0 Å². The summed E-state index contributed by atoms with van der Waals surface area (Å²) in [5.74, 6) is 0.930. The van der Waals surface area contributed by atoms with Gasteiger partial charge in [-0.1, -0.05) is 37.5 Å². The zero-order valence-corrected chi connectivity index (χ0v) is 12.2. The molecule has 0 radical (unpaired) electrons. The summed E-state index contributed by atoms with van der Waals surface area (Å²) in [6.45, 7) is 0. The summed E-state index contributed by atoms with van der Waals surface area (Å²) in [6.07, 6.45) is 9.06. The number of hydrogen-bond acceptors (Lipinski definition) is 2. The van der Waals surface area contributed by atoms with E-state index in [1.165, 1.54) is 32.1 Å². The van der Waals surface area contributed by atoms with Gasteiger partial charge in [-0.05, 0) is 30.9 Å². The lowest BCUT2D eigenvalue weighted by Crippen LogP contribution is -2.56. The normalized spacial score (nSPS) is 23.3. The highest BCUT2D eigenvalue weighted by molar-refractivity contribution is 6.07. The molecule has 1 saturated heterocycles. The molecular weight excluding hydrogens is 260 g/mol. The summed E-state index contributed by atoms with van der Waals surface area (Å²) in [4.78, 5) is 18.7. The van der Waals surface area contributed by atoms with Crippen LogP contribution in [0.3, 0.4) is 0 Å². The van der Waals surface area contributed by atoms with Crippen LogP contribution in [0.2, 0.25) is 0 Å². The van der Waals surface area contributed by atoms with Gasteiger partial charge in [0.05, 0.1) is 11.2 Å². The maximum absolute atomic E-state index is 12.2. The lowest BCUT2D eigenvalue weighted by Gasteiger charge is -2.46. The van der Waals surface area contributed by atoms with E-state index in [1.807, 2.05) is 29.3 Å². The molecule has 1 aliphatic carbocycles. The lowest BCUT2D eigenvalue weighted by atomic mass is 9.78. The van der Waals surface area contributed by atoms with Gasteiger partial charge in [0.25, 0.3) is 0 Å². The number of fused-ring (bicyclic) bond motifs is 1. The third kappa shape index (κ3) is 2.11. The molecule has 0 spiro atoms. The predicted molar refractivity (Wildman–Crippen MR) is 84.2 cm³/mol. The monoisotopic (exact) mass is 280 g/mol. The summed E-state index contributed by atoms with van der Waals surface area (Å²) in [7, 11) is 0. The molecular formula is C18H20N2O. The van der Waals surface area contributed by atoms with E-state index in [0.717, 1.165) is 16.6 Å². The molecule has 1 aromatic carbocycles. The van der Waals surface area contributed by atoms with Crippen molar-refractivity contribution in [1.29, 1.82) is 0 Å². The van der Waals surface area contributed by atoms with Crippen molar-refractivity contribution in [1.82, 2.24) is 4.98 Å². The Hall–Kier alpha value is -1.90. The van der Waals surface area contributed by atoms with Gasteiger partial charge in [0.1, 0.15) is 0 Å². The molecule has 1 saturated carbocycles. The quantitative estimate of drug-likeness (QED) is 0.781. The average molecular weight is 280 g/mol. The second-order valence-corrected chi connectivity index (χ2v) is 6.29. The molecule has 2 aliphatic rings. The van der Waals surface area contributed by atoms with Gasteiger partial charge in [-0.15, -0.1) is 0 Å². The predicted octanol–water partition coefficient (Wildman–Crippen LogP) is 3.92. The van der Waals surface area contributed by atoms with Gasteiger partial charge in [0.2, 0.25) is 5.91 Å². The zero-order chi connectivity index (χ0) is 14.2. The van der Waals surface area contributed by atoms with Crippen molar-refractivity contribution < 1.29 is 4.79 Å². The number of pyridine rings is 1. The molecule has 2 fully saturated rings. The van der Waals surface area contributed by atoms with Crippen LogP contribution >= 0.6 is 0 Å². The first-order valence-corrected chi connectivity index (χ1v) is 8.00. The lowest BCUT2D eigenvalue weighted by molar-refractivity contribution is -0.125. The Kier molecular flexibility index (Phi) is 3.13. The number of anilines is 1. The summed E-state index contributed by atoms with van der Waals surface area (Å²) in [6, 6.07) is 10.5. The summed E-state index contributed by atoms with van der Waals surface area (Å²) in [5, 5.41) is 1.11. The SMILES string of the molecule is O=C1CC(C2CCCCC2)N1c1cccc2cccnc12. The maximum Gasteiger partial charge on any atom is 0.229 e. The first kappa shape index (κ1) is 12.8. The standard InChI is InChI=1S/C18H20N2O/c21-17-12-16(13-6-2-1-3-7-13)20(17)15-10-4-8-14-9-5-11-19-18(14)15/h4-5,8-11,13,16H,1-3,6-7,12H2. The number of amides is 1. The second kappa shape index (κ2) is 5.14. The Morgan fingerprint density at radius 1 is 1.05 bits per heavy atom. The Balaban J connectivity index is 1.71. The van der Waals surface area contributed by atoms with Crippen molar-refractivity contribution in [3.63, 3.8) is 0 Å². The van der Waals surface area contributed by atoms with Crippen molar-refractivity contribution in [3.8, 4) is 0 Å². The van der Waals surface area contributed by atoms with Gasteiger partial charge in [0.15, 0.2) is 0 Å². The number of para-hydroxylation sites is 1. The highest BCUT2D eigenvalue weighted by atomic mass is 16.2. The fourth-order valence-corrected chi connectivity index (χ4v) is 3.93. The number of carbonyl (C=O) groups is 1. The first-order valence-electron chi connectivity index (χ1n) is 8.00. The number of aromatic nitrogens is 1. The van der Waals surface area contributed by atoms with Crippen LogP contribution < -0.4 is 4.90 Å². The van der Waals surface area contributed by atoms with Crippen LogP contribution in [0.15, 0.2) is 36.5 Å². The topological polar surface area (TPSA) is 33.2 Å². The average Bonchev–Trinajstić information content (AvgIpc) is 2.54. The molecule has 108 valence electrons. The summed E-state index contributed by atoms with van der Waals surface area (Å²) >= 11 is 0. The van der Waals surface area contributed by atoms with E-state index in [4.69, 9.17) is 0 Å². The molecule has 2 aromatic rings. The van der Waals surface area contributed by atoms with Crippen molar-refractivity contribution in [3.05, 3.63) is 36.5 Å². The largest absolute Gasteiger partial charge is 0.306 e. The highest BCUT2D eigenvalue weighted by Gasteiger charge is 2.42. The van der Waals surface area contributed by atoms with Gasteiger partial charge in [0, 0.05) is 24.0 Å². The molecule has 0 bridgehead atoms. The number of rotatable bonds is 2. The number of nitrogens with zero attached hydrogens (tertiary/aromatic N) is 2. The van der Waals surface area contributed by atoms with Gasteiger partial charge in [-0.3, -0.25) is 9.78 Å². The van der Waals surface area contributed by atoms with E-state index >= 15 is 0 Å². The third-order valence-electron chi connectivity index (χ3n) is 5.05. The van der Waals surface area contributed by atoms with Crippen molar-refractivity contribution >= 4 is 22.5 Å². The number of β-lactam (4-membered cyclic amide) rings is 1. The molecule has 1 aromatic heterocycles. The molecule has 1 unspecified atom stereocenters. The minimum atomic E-state index is 0.253. The van der Waals surface area contributed by atoms with E-state index in [1.54, 1.807) is 0 Å². The molecule has 4 rings (SSSR count). The molecule has 3 nitrogen and oxygen atoms in total. The van der Waals surface area contributed by atoms with Crippen molar-refractivity contribution in [2.45, 2.75) is 44.6 Å². The minimum absolute atomic E-state index is 0.253. The Bertz CT molecular complexity index is 670. The van der Waals surface area contributed by atoms with E-state index in [-0.39, 0.29) is 5.91 Å². The highest BCUT2D eigenvalue weighted by Crippen LogP contribution is 2.40. The molecule has 1 amide bonds. The van der Waals surface area contributed by atoms with Crippen molar-refractivity contribution in [2.75, 3.05) is 4.90 Å². The van der Waals surface area contributed by atoms with Gasteiger partial charge in [-0.25, -0.2) is 0 Å². The molecule has 21 heavy (non-hydrogen) atoms. The van der Waals surface area contributed by atoms with Crippen molar-refractivity contribution in [2.24, 2.45) is 5.92 Å². The first-order chi connectivity index (χ1) is 10.3. The summed E-state index contributed by atoms with van der Waals surface area (Å²) < 4.78 is 0. The van der Waals surface area contributed by atoms with Crippen LogP contribution in [-0.4, -0.2) is 16.9 Å². The summed E-state index contributed by atoms with van der Waals surface area (Å²) in [5.41, 5.74) is 1.95. The Labute approximate surface area is 125 Å². The molecule has 2 heterocycles. The van der Waals surface area contributed by atoms with Crippen LogP contribution in [0, 0.1) is 5.92 Å². The van der Waals surface area contributed by atoms with Crippen LogP contribution in [-0.2, 0) is 4.79 Å². The number of carbonyl (C=O) groups excluding carboxylic acids is 1. The van der Waals surface area contributed by atoms with Gasteiger partial charge < -0.3 is 4.90 Å². The Morgan fingerprint density at radius 2 is 1.86 bits per heavy atom. The molecule has 3 heteroatoms. The maximum atomic E-state index is 12.2. The molecule has 0 N–H and O–H groups in total. The van der Waals surface area contributed by atoms with Crippen LogP contribution in [0.5, 0.6) is 0 Å². The fourth-order valence-electron chi connectivity index (χ4n) is 3.93. The number of hydrogen-bond donors (Lipinski definition) is 0. The van der Waals surface area contributed by atoms with Crippen LogP contribution in [0.1, 0.15) is 38.5 Å². The third-order valence-corrected chi connectivity index (χ3v) is 5.05. The molecule has 1 atom stereocenters. The van der Waals surface area contributed by atoms with E-state index in [0.29, 0.717) is 18.4 Å². The Morgan fingerprint density at radius 3 is 2.67 bits per heavy atom. The second-order valence-electron chi connectivity index (χ2n) is 6.29. The van der Waals surface area contributed by atoms with Crippen LogP contribution in [0.25, 0.3) is 10.9 Å². The fraction of sp³-hybridized carbons (Fsp3) is 0.444. The number of benzene rings is 1. The smallest absolute Gasteiger partial charge is 0.229 e.